The van der Waals surface area contributed by atoms with E-state index in [2.05, 4.69) is 15.9 Å². The molecule has 0 heterocycles. The predicted molar refractivity (Wildman–Crippen MR) is 64.0 cm³/mol. The molecular formula is C10H10BrCl2FO. The Morgan fingerprint density at radius 1 is 1.47 bits per heavy atom. The average Bonchev–Trinajstić information content (AvgIpc) is 2.23. The monoisotopic (exact) mass is 314 g/mol. The molecular weight excluding hydrogens is 306 g/mol. The molecule has 1 aromatic rings. The van der Waals surface area contributed by atoms with E-state index < -0.39 is 11.9 Å². The minimum Gasteiger partial charge on any atom is -0.388 e. The van der Waals surface area contributed by atoms with Gasteiger partial charge in [0.2, 0.25) is 0 Å². The van der Waals surface area contributed by atoms with Crippen LogP contribution >= 0.6 is 39.1 Å². The van der Waals surface area contributed by atoms with Crippen LogP contribution in [0.15, 0.2) is 16.6 Å². The molecule has 1 rings (SSSR count). The lowest BCUT2D eigenvalue weighted by Crippen LogP contribution is -2.01. The third kappa shape index (κ3) is 3.31. The first kappa shape index (κ1) is 13.2. The highest BCUT2D eigenvalue weighted by atomic mass is 79.9. The second-order valence-electron chi connectivity index (χ2n) is 3.11. The summed E-state index contributed by atoms with van der Waals surface area (Å²) in [7, 11) is 0. The summed E-state index contributed by atoms with van der Waals surface area (Å²) in [5, 5.41) is 9.67. The summed E-state index contributed by atoms with van der Waals surface area (Å²) in [5.74, 6) is -0.128. The zero-order chi connectivity index (χ0) is 11.4. The van der Waals surface area contributed by atoms with E-state index in [-0.39, 0.29) is 10.6 Å². The maximum absolute atomic E-state index is 13.6. The van der Waals surface area contributed by atoms with E-state index in [1.807, 2.05) is 0 Å². The first-order valence-electron chi connectivity index (χ1n) is 4.45. The van der Waals surface area contributed by atoms with Gasteiger partial charge in [0.15, 0.2) is 0 Å². The van der Waals surface area contributed by atoms with Crippen molar-refractivity contribution in [2.24, 2.45) is 0 Å². The van der Waals surface area contributed by atoms with Crippen LogP contribution in [-0.4, -0.2) is 11.0 Å². The van der Waals surface area contributed by atoms with Crippen molar-refractivity contribution in [3.63, 3.8) is 0 Å². The predicted octanol–water partition coefficient (Wildman–Crippen LogP) is 4.29. The van der Waals surface area contributed by atoms with E-state index in [9.17, 15) is 9.50 Å². The molecule has 0 spiro atoms. The van der Waals surface area contributed by atoms with Gasteiger partial charge in [-0.25, -0.2) is 4.39 Å². The molecule has 5 heteroatoms. The van der Waals surface area contributed by atoms with Crippen molar-refractivity contribution in [1.29, 1.82) is 0 Å². The standard InChI is InChI=1S/C10H10BrCl2FO/c11-7-4-3-6(10(14)9(7)13)8(15)2-1-5-12/h3-4,8,15H,1-2,5H2. The summed E-state index contributed by atoms with van der Waals surface area (Å²) in [6.45, 7) is 0. The minimum absolute atomic E-state index is 0.00239. The van der Waals surface area contributed by atoms with E-state index in [1.165, 1.54) is 6.07 Å². The molecule has 1 atom stereocenters. The average molecular weight is 316 g/mol. The fourth-order valence-corrected chi connectivity index (χ4v) is 1.86. The summed E-state index contributed by atoms with van der Waals surface area (Å²) in [6, 6.07) is 3.13. The van der Waals surface area contributed by atoms with Crippen molar-refractivity contribution in [3.05, 3.63) is 33.0 Å². The van der Waals surface area contributed by atoms with Gasteiger partial charge in [0.05, 0.1) is 11.1 Å². The summed E-state index contributed by atoms with van der Waals surface area (Å²) in [6.07, 6.45) is 0.211. The zero-order valence-corrected chi connectivity index (χ0v) is 10.9. The number of aliphatic hydroxyl groups is 1. The van der Waals surface area contributed by atoms with E-state index in [0.29, 0.717) is 23.2 Å². The van der Waals surface area contributed by atoms with Gasteiger partial charge in [-0.15, -0.1) is 11.6 Å². The van der Waals surface area contributed by atoms with Crippen LogP contribution < -0.4 is 0 Å². The van der Waals surface area contributed by atoms with Crippen LogP contribution in [0.5, 0.6) is 0 Å². The van der Waals surface area contributed by atoms with Gasteiger partial charge in [0, 0.05) is 15.9 Å². The van der Waals surface area contributed by atoms with Crippen LogP contribution in [0, 0.1) is 5.82 Å². The Hall–Kier alpha value is 0.170. The number of rotatable bonds is 4. The molecule has 15 heavy (non-hydrogen) atoms. The van der Waals surface area contributed by atoms with Crippen molar-refractivity contribution in [2.45, 2.75) is 18.9 Å². The normalized spacial score (nSPS) is 12.9. The first-order valence-corrected chi connectivity index (χ1v) is 6.16. The van der Waals surface area contributed by atoms with E-state index >= 15 is 0 Å². The summed E-state index contributed by atoms with van der Waals surface area (Å²) in [4.78, 5) is 0. The molecule has 0 aliphatic carbocycles. The largest absolute Gasteiger partial charge is 0.388 e. The topological polar surface area (TPSA) is 20.2 Å². The quantitative estimate of drug-likeness (QED) is 0.649. The number of alkyl halides is 1. The fourth-order valence-electron chi connectivity index (χ4n) is 1.22. The highest BCUT2D eigenvalue weighted by Gasteiger charge is 2.16. The van der Waals surface area contributed by atoms with Gasteiger partial charge in [-0.2, -0.15) is 0 Å². The molecule has 1 nitrogen and oxygen atoms in total. The van der Waals surface area contributed by atoms with Gasteiger partial charge in [0.25, 0.3) is 0 Å². The molecule has 84 valence electrons. The van der Waals surface area contributed by atoms with Crippen LogP contribution in [0.4, 0.5) is 4.39 Å². The Morgan fingerprint density at radius 3 is 2.73 bits per heavy atom. The smallest absolute Gasteiger partial charge is 0.148 e. The number of halogens is 4. The van der Waals surface area contributed by atoms with Gasteiger partial charge in [-0.1, -0.05) is 17.7 Å². The molecule has 0 bridgehead atoms. The third-order valence-electron chi connectivity index (χ3n) is 2.04. The van der Waals surface area contributed by atoms with Crippen LogP contribution in [-0.2, 0) is 0 Å². The lowest BCUT2D eigenvalue weighted by molar-refractivity contribution is 0.162. The summed E-state index contributed by atoms with van der Waals surface area (Å²) in [5.41, 5.74) is 0.216. The lowest BCUT2D eigenvalue weighted by atomic mass is 10.0. The highest BCUT2D eigenvalue weighted by molar-refractivity contribution is 9.10. The molecule has 0 aliphatic rings. The third-order valence-corrected chi connectivity index (χ3v) is 3.56. The molecule has 0 fully saturated rings. The Balaban J connectivity index is 2.90. The second-order valence-corrected chi connectivity index (χ2v) is 4.72. The Bertz CT molecular complexity index is 346. The number of aliphatic hydroxyl groups excluding tert-OH is 1. The second kappa shape index (κ2) is 6.04. The minimum atomic E-state index is -0.852. The Kier molecular flexibility index (Phi) is 5.33. The van der Waals surface area contributed by atoms with Crippen LogP contribution in [0.3, 0.4) is 0 Å². The van der Waals surface area contributed by atoms with Crippen molar-refractivity contribution in [2.75, 3.05) is 5.88 Å². The molecule has 0 saturated carbocycles. The fraction of sp³-hybridized carbons (Fsp3) is 0.400. The molecule has 0 amide bonds. The van der Waals surface area contributed by atoms with Gasteiger partial charge in [-0.3, -0.25) is 0 Å². The molecule has 1 N–H and O–H groups in total. The molecule has 0 aromatic heterocycles. The van der Waals surface area contributed by atoms with Crippen molar-refractivity contribution in [1.82, 2.24) is 0 Å². The molecule has 0 saturated heterocycles. The highest BCUT2D eigenvalue weighted by Crippen LogP contribution is 2.31. The van der Waals surface area contributed by atoms with Gasteiger partial charge < -0.3 is 5.11 Å². The van der Waals surface area contributed by atoms with Crippen LogP contribution in [0.25, 0.3) is 0 Å². The molecule has 1 unspecified atom stereocenters. The van der Waals surface area contributed by atoms with Crippen LogP contribution in [0.1, 0.15) is 24.5 Å². The zero-order valence-electron chi connectivity index (χ0n) is 7.81. The Labute approximate surface area is 106 Å². The lowest BCUT2D eigenvalue weighted by Gasteiger charge is -2.12. The van der Waals surface area contributed by atoms with Gasteiger partial charge in [-0.05, 0) is 34.8 Å². The Morgan fingerprint density at radius 2 is 2.13 bits per heavy atom. The number of benzene rings is 1. The maximum Gasteiger partial charge on any atom is 0.148 e. The first-order chi connectivity index (χ1) is 7.07. The molecule has 1 aromatic carbocycles. The SMILES string of the molecule is OC(CCCCl)c1ccc(Br)c(Cl)c1F. The molecule has 0 aliphatic heterocycles. The molecule has 0 radical (unpaired) electrons. The van der Waals surface area contributed by atoms with Crippen molar-refractivity contribution >= 4 is 39.1 Å². The van der Waals surface area contributed by atoms with Crippen molar-refractivity contribution in [3.8, 4) is 0 Å². The van der Waals surface area contributed by atoms with Gasteiger partial charge >= 0.3 is 0 Å². The maximum atomic E-state index is 13.6. The van der Waals surface area contributed by atoms with E-state index in [4.69, 9.17) is 23.2 Å². The summed E-state index contributed by atoms with van der Waals surface area (Å²) < 4.78 is 14.1. The number of hydrogen-bond acceptors (Lipinski definition) is 1. The van der Waals surface area contributed by atoms with E-state index in [1.54, 1.807) is 6.07 Å². The van der Waals surface area contributed by atoms with E-state index in [0.717, 1.165) is 0 Å². The summed E-state index contributed by atoms with van der Waals surface area (Å²) >= 11 is 14.3. The number of hydrogen-bond donors (Lipinski definition) is 1. The van der Waals surface area contributed by atoms with Crippen molar-refractivity contribution < 1.29 is 9.50 Å². The van der Waals surface area contributed by atoms with Gasteiger partial charge in [0.1, 0.15) is 5.82 Å². The van der Waals surface area contributed by atoms with Crippen LogP contribution in [0.2, 0.25) is 5.02 Å².